The summed E-state index contributed by atoms with van der Waals surface area (Å²) in [6.07, 6.45) is 0. The minimum atomic E-state index is 0.104. The van der Waals surface area contributed by atoms with Gasteiger partial charge >= 0.3 is 0 Å². The van der Waals surface area contributed by atoms with Gasteiger partial charge in [-0.2, -0.15) is 0 Å². The maximum Gasteiger partial charge on any atom is 0.159 e. The van der Waals surface area contributed by atoms with Gasteiger partial charge in [0.25, 0.3) is 0 Å². The molecule has 0 unspecified atom stereocenters. The van der Waals surface area contributed by atoms with Crippen LogP contribution in [0.1, 0.15) is 22.8 Å². The molecule has 2 aromatic carbocycles. The highest BCUT2D eigenvalue weighted by Gasteiger charge is 2.10. The average molecular weight is 295 g/mol. The zero-order chi connectivity index (χ0) is 15.4. The first-order valence-corrected chi connectivity index (χ1v) is 7.73. The molecule has 1 saturated heterocycles. The Morgan fingerprint density at radius 3 is 2.05 bits per heavy atom. The van der Waals surface area contributed by atoms with Gasteiger partial charge < -0.3 is 4.74 Å². The van der Waals surface area contributed by atoms with E-state index in [0.717, 1.165) is 44.0 Å². The van der Waals surface area contributed by atoms with Crippen molar-refractivity contribution < 1.29 is 9.53 Å². The SMILES string of the molecule is CC(=O)c1ccc(-c2ccc(CN3CCOCC3)cc2)cc1. The van der Waals surface area contributed by atoms with Crippen molar-refractivity contribution >= 4 is 5.78 Å². The Bertz CT molecular complexity index is 625. The predicted molar refractivity (Wildman–Crippen MR) is 88.0 cm³/mol. The van der Waals surface area contributed by atoms with E-state index in [1.54, 1.807) is 6.92 Å². The zero-order valence-electron chi connectivity index (χ0n) is 12.9. The maximum atomic E-state index is 11.3. The van der Waals surface area contributed by atoms with Gasteiger partial charge in [-0.1, -0.05) is 48.5 Å². The van der Waals surface area contributed by atoms with Crippen molar-refractivity contribution in [2.45, 2.75) is 13.5 Å². The second kappa shape index (κ2) is 6.86. The number of hydrogen-bond donors (Lipinski definition) is 0. The van der Waals surface area contributed by atoms with Gasteiger partial charge in [0.15, 0.2) is 5.78 Å². The Labute approximate surface area is 131 Å². The molecule has 1 fully saturated rings. The van der Waals surface area contributed by atoms with Crippen LogP contribution in [0.25, 0.3) is 11.1 Å². The molecule has 0 N–H and O–H groups in total. The third-order valence-corrected chi connectivity index (χ3v) is 4.09. The van der Waals surface area contributed by atoms with Gasteiger partial charge in [-0.05, 0) is 23.6 Å². The van der Waals surface area contributed by atoms with Gasteiger partial charge in [0.2, 0.25) is 0 Å². The average Bonchev–Trinajstić information content (AvgIpc) is 2.57. The fourth-order valence-corrected chi connectivity index (χ4v) is 2.72. The molecule has 114 valence electrons. The van der Waals surface area contributed by atoms with Crippen molar-refractivity contribution in [1.29, 1.82) is 0 Å². The van der Waals surface area contributed by atoms with E-state index in [-0.39, 0.29) is 5.78 Å². The first kappa shape index (κ1) is 14.9. The van der Waals surface area contributed by atoms with Crippen LogP contribution in [-0.2, 0) is 11.3 Å². The van der Waals surface area contributed by atoms with E-state index < -0.39 is 0 Å². The van der Waals surface area contributed by atoms with Gasteiger partial charge in [0.1, 0.15) is 0 Å². The second-order valence-electron chi connectivity index (χ2n) is 5.72. The number of rotatable bonds is 4. The Morgan fingerprint density at radius 2 is 1.50 bits per heavy atom. The fraction of sp³-hybridized carbons (Fsp3) is 0.316. The van der Waals surface area contributed by atoms with Crippen LogP contribution >= 0.6 is 0 Å². The van der Waals surface area contributed by atoms with E-state index in [0.29, 0.717) is 0 Å². The standard InChI is InChI=1S/C19H21NO2/c1-15(21)17-6-8-19(9-7-17)18-4-2-16(3-5-18)14-20-10-12-22-13-11-20/h2-9H,10-14H2,1H3. The first-order chi connectivity index (χ1) is 10.7. The molecular formula is C19H21NO2. The lowest BCUT2D eigenvalue weighted by atomic mass is 10.0. The van der Waals surface area contributed by atoms with Crippen molar-refractivity contribution in [3.8, 4) is 11.1 Å². The molecule has 2 aromatic rings. The normalized spacial score (nSPS) is 15.7. The molecule has 0 spiro atoms. The molecule has 0 saturated carbocycles. The molecule has 1 heterocycles. The van der Waals surface area contributed by atoms with Crippen LogP contribution in [0.15, 0.2) is 48.5 Å². The van der Waals surface area contributed by atoms with Gasteiger partial charge in [-0.25, -0.2) is 0 Å². The number of ketones is 1. The summed E-state index contributed by atoms with van der Waals surface area (Å²) in [5.41, 5.74) is 4.41. The molecule has 1 aliphatic heterocycles. The predicted octanol–water partition coefficient (Wildman–Crippen LogP) is 3.39. The van der Waals surface area contributed by atoms with Gasteiger partial charge in [-0.3, -0.25) is 9.69 Å². The summed E-state index contributed by atoms with van der Waals surface area (Å²) in [4.78, 5) is 13.7. The summed E-state index contributed by atoms with van der Waals surface area (Å²) in [5, 5.41) is 0. The quantitative estimate of drug-likeness (QED) is 0.810. The van der Waals surface area contributed by atoms with Crippen LogP contribution in [-0.4, -0.2) is 37.0 Å². The molecule has 0 bridgehead atoms. The van der Waals surface area contributed by atoms with E-state index in [1.807, 2.05) is 24.3 Å². The molecular weight excluding hydrogens is 274 g/mol. The van der Waals surface area contributed by atoms with E-state index in [4.69, 9.17) is 4.74 Å². The monoisotopic (exact) mass is 295 g/mol. The highest BCUT2D eigenvalue weighted by Crippen LogP contribution is 2.21. The third-order valence-electron chi connectivity index (χ3n) is 4.09. The van der Waals surface area contributed by atoms with Gasteiger partial charge in [-0.15, -0.1) is 0 Å². The number of hydrogen-bond acceptors (Lipinski definition) is 3. The number of nitrogens with zero attached hydrogens (tertiary/aromatic N) is 1. The molecule has 3 nitrogen and oxygen atoms in total. The van der Waals surface area contributed by atoms with Crippen molar-refractivity contribution in [3.05, 3.63) is 59.7 Å². The number of morpholine rings is 1. The highest BCUT2D eigenvalue weighted by molar-refractivity contribution is 5.94. The summed E-state index contributed by atoms with van der Waals surface area (Å²) < 4.78 is 5.38. The van der Waals surface area contributed by atoms with Crippen LogP contribution in [0, 0.1) is 0 Å². The molecule has 0 amide bonds. The van der Waals surface area contributed by atoms with Crippen molar-refractivity contribution in [1.82, 2.24) is 4.90 Å². The molecule has 0 aromatic heterocycles. The van der Waals surface area contributed by atoms with E-state index in [2.05, 4.69) is 29.2 Å². The second-order valence-corrected chi connectivity index (χ2v) is 5.72. The number of carbonyl (C=O) groups excluding carboxylic acids is 1. The lowest BCUT2D eigenvalue weighted by molar-refractivity contribution is 0.0342. The van der Waals surface area contributed by atoms with E-state index in [9.17, 15) is 4.79 Å². The largest absolute Gasteiger partial charge is 0.379 e. The lowest BCUT2D eigenvalue weighted by Crippen LogP contribution is -2.35. The van der Waals surface area contributed by atoms with Gasteiger partial charge in [0, 0.05) is 25.2 Å². The van der Waals surface area contributed by atoms with E-state index >= 15 is 0 Å². The van der Waals surface area contributed by atoms with Crippen LogP contribution in [0.5, 0.6) is 0 Å². The van der Waals surface area contributed by atoms with Crippen molar-refractivity contribution in [3.63, 3.8) is 0 Å². The summed E-state index contributed by atoms with van der Waals surface area (Å²) >= 11 is 0. The Hall–Kier alpha value is -1.97. The Morgan fingerprint density at radius 1 is 0.955 bits per heavy atom. The minimum absolute atomic E-state index is 0.104. The molecule has 0 atom stereocenters. The third kappa shape index (κ3) is 3.62. The topological polar surface area (TPSA) is 29.5 Å². The smallest absolute Gasteiger partial charge is 0.159 e. The number of Topliss-reactive ketones (excluding diaryl/α,β-unsaturated/α-hetero) is 1. The maximum absolute atomic E-state index is 11.3. The lowest BCUT2D eigenvalue weighted by Gasteiger charge is -2.26. The van der Waals surface area contributed by atoms with Crippen LogP contribution in [0.2, 0.25) is 0 Å². The van der Waals surface area contributed by atoms with Crippen LogP contribution in [0.3, 0.4) is 0 Å². The molecule has 0 radical (unpaired) electrons. The summed E-state index contributed by atoms with van der Waals surface area (Å²) in [5.74, 6) is 0.104. The highest BCUT2D eigenvalue weighted by atomic mass is 16.5. The molecule has 1 aliphatic rings. The van der Waals surface area contributed by atoms with Crippen molar-refractivity contribution in [2.24, 2.45) is 0 Å². The molecule has 3 rings (SSSR count). The molecule has 0 aliphatic carbocycles. The van der Waals surface area contributed by atoms with Crippen molar-refractivity contribution in [2.75, 3.05) is 26.3 Å². The number of benzene rings is 2. The first-order valence-electron chi connectivity index (χ1n) is 7.73. The Balaban J connectivity index is 1.69. The number of carbonyl (C=O) groups is 1. The van der Waals surface area contributed by atoms with Crippen LogP contribution in [0.4, 0.5) is 0 Å². The summed E-state index contributed by atoms with van der Waals surface area (Å²) in [6.45, 7) is 6.26. The summed E-state index contributed by atoms with van der Waals surface area (Å²) in [6, 6.07) is 16.5. The van der Waals surface area contributed by atoms with Crippen LogP contribution < -0.4 is 0 Å². The Kier molecular flexibility index (Phi) is 4.66. The minimum Gasteiger partial charge on any atom is -0.379 e. The zero-order valence-corrected chi connectivity index (χ0v) is 12.9. The summed E-state index contributed by atoms with van der Waals surface area (Å²) in [7, 11) is 0. The molecule has 22 heavy (non-hydrogen) atoms. The fourth-order valence-electron chi connectivity index (χ4n) is 2.72. The van der Waals surface area contributed by atoms with E-state index in [1.165, 1.54) is 11.1 Å². The molecule has 3 heteroatoms. The number of ether oxygens (including phenoxy) is 1. The van der Waals surface area contributed by atoms with Gasteiger partial charge in [0.05, 0.1) is 13.2 Å².